The van der Waals surface area contributed by atoms with Crippen LogP contribution in [0.4, 0.5) is 0 Å². The van der Waals surface area contributed by atoms with Gasteiger partial charge in [-0.1, -0.05) is 88.6 Å². The first-order valence-corrected chi connectivity index (χ1v) is 11.0. The van der Waals surface area contributed by atoms with E-state index in [1.165, 1.54) is 45.4 Å². The Morgan fingerprint density at radius 2 is 1.48 bits per heavy atom. The van der Waals surface area contributed by atoms with E-state index < -0.39 is 12.0 Å². The lowest BCUT2D eigenvalue weighted by Crippen LogP contribution is -2.42. The summed E-state index contributed by atoms with van der Waals surface area (Å²) in [6.07, 6.45) is 10.9. The quantitative estimate of drug-likeness (QED) is 0.307. The van der Waals surface area contributed by atoms with Crippen LogP contribution >= 0.6 is 0 Å². The van der Waals surface area contributed by atoms with E-state index in [0.717, 1.165) is 24.8 Å². The van der Waals surface area contributed by atoms with E-state index in [2.05, 4.69) is 12.2 Å². The first kappa shape index (κ1) is 24.9. The third-order valence-electron chi connectivity index (χ3n) is 4.84. The summed E-state index contributed by atoms with van der Waals surface area (Å²) < 4.78 is 5.28. The topological polar surface area (TPSA) is 72.5 Å². The van der Waals surface area contributed by atoms with Crippen LogP contribution in [0.5, 0.6) is 0 Å². The smallest absolute Gasteiger partial charge is 0.329 e. The number of carbonyl (C=O) groups is 3. The second kappa shape index (κ2) is 15.7. The summed E-state index contributed by atoms with van der Waals surface area (Å²) in [6, 6.07) is 8.41. The number of ketones is 1. The molecule has 5 nitrogen and oxygen atoms in total. The largest absolute Gasteiger partial charge is 0.459 e. The number of hydrogen-bond acceptors (Lipinski definition) is 4. The average molecular weight is 404 g/mol. The van der Waals surface area contributed by atoms with Crippen LogP contribution in [0.2, 0.25) is 0 Å². The Kier molecular flexibility index (Phi) is 13.5. The van der Waals surface area contributed by atoms with Gasteiger partial charge in [-0.15, -0.1) is 0 Å². The second-order valence-electron chi connectivity index (χ2n) is 7.70. The molecule has 0 aromatic heterocycles. The van der Waals surface area contributed by atoms with Crippen molar-refractivity contribution in [2.24, 2.45) is 0 Å². The number of benzene rings is 1. The predicted molar refractivity (Wildman–Crippen MR) is 115 cm³/mol. The van der Waals surface area contributed by atoms with Crippen LogP contribution in [0.15, 0.2) is 30.3 Å². The van der Waals surface area contributed by atoms with Crippen molar-refractivity contribution in [3.8, 4) is 0 Å². The number of ether oxygens (including phenoxy) is 1. The molecular weight excluding hydrogens is 366 g/mol. The number of amides is 1. The molecule has 1 aromatic carbocycles. The Morgan fingerprint density at radius 1 is 0.897 bits per heavy atom. The lowest BCUT2D eigenvalue weighted by Gasteiger charge is -2.16. The highest BCUT2D eigenvalue weighted by Gasteiger charge is 2.23. The van der Waals surface area contributed by atoms with Gasteiger partial charge in [0, 0.05) is 12.8 Å². The van der Waals surface area contributed by atoms with Gasteiger partial charge in [-0.2, -0.15) is 0 Å². The molecule has 0 fully saturated rings. The molecule has 1 atom stereocenters. The fraction of sp³-hybridized carbons (Fsp3) is 0.625. The Labute approximate surface area is 175 Å². The second-order valence-corrected chi connectivity index (χ2v) is 7.70. The number of nitrogens with one attached hydrogen (secondary N) is 1. The Bertz CT molecular complexity index is 600. The summed E-state index contributed by atoms with van der Waals surface area (Å²) in [7, 11) is 0. The molecule has 0 heterocycles. The number of esters is 1. The molecule has 1 amide bonds. The summed E-state index contributed by atoms with van der Waals surface area (Å²) in [6.45, 7) is 3.75. The van der Waals surface area contributed by atoms with E-state index in [9.17, 15) is 14.4 Å². The third-order valence-corrected chi connectivity index (χ3v) is 4.84. The van der Waals surface area contributed by atoms with Crippen molar-refractivity contribution in [2.75, 3.05) is 0 Å². The summed E-state index contributed by atoms with van der Waals surface area (Å²) >= 11 is 0. The first-order chi connectivity index (χ1) is 14.0. The van der Waals surface area contributed by atoms with E-state index in [1.54, 1.807) is 0 Å². The summed E-state index contributed by atoms with van der Waals surface area (Å²) in [4.78, 5) is 36.0. The zero-order chi connectivity index (χ0) is 21.3. The highest BCUT2D eigenvalue weighted by Crippen LogP contribution is 2.11. The predicted octanol–water partition coefficient (Wildman–Crippen LogP) is 5.11. The van der Waals surface area contributed by atoms with Gasteiger partial charge in [0.2, 0.25) is 5.91 Å². The molecule has 1 N–H and O–H groups in total. The minimum atomic E-state index is -0.915. The molecule has 1 rings (SSSR count). The molecule has 0 bridgehead atoms. The maximum absolute atomic E-state index is 12.3. The molecule has 0 aliphatic carbocycles. The molecular formula is C24H37NO4. The number of carbonyl (C=O) groups excluding carboxylic acids is 3. The standard InChI is InChI=1S/C24H37NO4/c1-3-4-5-6-7-8-9-10-14-17-23(27)25-22(18-20(2)26)24(28)29-19-21-15-12-11-13-16-21/h11-13,15-16,22H,3-10,14,17-19H2,1-2H3,(H,25,27)/t22-/m1/s1. The van der Waals surface area contributed by atoms with Gasteiger partial charge in [0.1, 0.15) is 18.4 Å². The molecule has 0 saturated carbocycles. The monoisotopic (exact) mass is 403 g/mol. The average Bonchev–Trinajstić information content (AvgIpc) is 2.70. The van der Waals surface area contributed by atoms with Gasteiger partial charge in [-0.3, -0.25) is 9.59 Å². The van der Waals surface area contributed by atoms with Gasteiger partial charge in [0.15, 0.2) is 0 Å². The number of hydrogen-bond donors (Lipinski definition) is 1. The summed E-state index contributed by atoms with van der Waals surface area (Å²) in [5, 5.41) is 2.68. The molecule has 0 radical (unpaired) electrons. The van der Waals surface area contributed by atoms with Crippen LogP contribution < -0.4 is 5.32 Å². The maximum Gasteiger partial charge on any atom is 0.329 e. The fourth-order valence-corrected chi connectivity index (χ4v) is 3.17. The van der Waals surface area contributed by atoms with Crippen molar-refractivity contribution in [1.82, 2.24) is 5.32 Å². The minimum Gasteiger partial charge on any atom is -0.459 e. The summed E-state index contributed by atoms with van der Waals surface area (Å²) in [5.41, 5.74) is 0.864. The molecule has 29 heavy (non-hydrogen) atoms. The van der Waals surface area contributed by atoms with Crippen LogP contribution in [0.3, 0.4) is 0 Å². The summed E-state index contributed by atoms with van der Waals surface area (Å²) in [5.74, 6) is -0.921. The molecule has 162 valence electrons. The van der Waals surface area contributed by atoms with Gasteiger partial charge in [0.25, 0.3) is 0 Å². The molecule has 5 heteroatoms. The van der Waals surface area contributed by atoms with E-state index in [4.69, 9.17) is 4.74 Å². The lowest BCUT2D eigenvalue weighted by atomic mass is 10.1. The Hall–Kier alpha value is -2.17. The molecule has 1 aromatic rings. The number of rotatable bonds is 16. The van der Waals surface area contributed by atoms with Gasteiger partial charge >= 0.3 is 5.97 Å². The zero-order valence-electron chi connectivity index (χ0n) is 18.1. The van der Waals surface area contributed by atoms with Crippen molar-refractivity contribution in [3.05, 3.63) is 35.9 Å². The molecule has 0 unspecified atom stereocenters. The fourth-order valence-electron chi connectivity index (χ4n) is 3.17. The van der Waals surface area contributed by atoms with E-state index in [0.29, 0.717) is 6.42 Å². The van der Waals surface area contributed by atoms with Crippen LogP contribution in [0.1, 0.15) is 90.0 Å². The Balaban J connectivity index is 2.27. The third kappa shape index (κ3) is 12.8. The van der Waals surface area contributed by atoms with Crippen LogP contribution in [0.25, 0.3) is 0 Å². The first-order valence-electron chi connectivity index (χ1n) is 11.0. The van der Waals surface area contributed by atoms with Gasteiger partial charge in [-0.05, 0) is 18.9 Å². The zero-order valence-corrected chi connectivity index (χ0v) is 18.1. The van der Waals surface area contributed by atoms with Crippen LogP contribution in [0, 0.1) is 0 Å². The molecule has 0 aliphatic rings. The normalized spacial score (nSPS) is 11.7. The van der Waals surface area contributed by atoms with Gasteiger partial charge in [0.05, 0.1) is 0 Å². The molecule has 0 saturated heterocycles. The van der Waals surface area contributed by atoms with Crippen molar-refractivity contribution in [3.63, 3.8) is 0 Å². The SMILES string of the molecule is CCCCCCCCCCCC(=O)N[C@H](CC(C)=O)C(=O)OCc1ccccc1. The van der Waals surface area contributed by atoms with Crippen molar-refractivity contribution in [1.29, 1.82) is 0 Å². The van der Waals surface area contributed by atoms with Crippen molar-refractivity contribution >= 4 is 17.7 Å². The number of unbranched alkanes of at least 4 members (excludes halogenated alkanes) is 8. The molecule has 0 aliphatic heterocycles. The van der Waals surface area contributed by atoms with Gasteiger partial charge < -0.3 is 10.1 Å². The highest BCUT2D eigenvalue weighted by molar-refractivity contribution is 5.89. The number of Topliss-reactive ketones (excluding diaryl/α,β-unsaturated/α-hetero) is 1. The Morgan fingerprint density at radius 3 is 2.07 bits per heavy atom. The van der Waals surface area contributed by atoms with E-state index >= 15 is 0 Å². The van der Waals surface area contributed by atoms with Crippen LogP contribution in [-0.4, -0.2) is 23.7 Å². The lowest BCUT2D eigenvalue weighted by molar-refractivity contribution is -0.150. The molecule has 0 spiro atoms. The minimum absolute atomic E-state index is 0.0445. The van der Waals surface area contributed by atoms with E-state index in [-0.39, 0.29) is 24.7 Å². The maximum atomic E-state index is 12.3. The van der Waals surface area contributed by atoms with Crippen molar-refractivity contribution < 1.29 is 19.1 Å². The van der Waals surface area contributed by atoms with E-state index in [1.807, 2.05) is 30.3 Å². The van der Waals surface area contributed by atoms with Crippen LogP contribution in [-0.2, 0) is 25.7 Å². The van der Waals surface area contributed by atoms with Crippen molar-refractivity contribution in [2.45, 2.75) is 97.1 Å². The highest BCUT2D eigenvalue weighted by atomic mass is 16.5. The van der Waals surface area contributed by atoms with Gasteiger partial charge in [-0.25, -0.2) is 4.79 Å².